The van der Waals surface area contributed by atoms with E-state index in [0.29, 0.717) is 17.8 Å². The van der Waals surface area contributed by atoms with Crippen LogP contribution in [0.1, 0.15) is 93.2 Å². The van der Waals surface area contributed by atoms with Crippen molar-refractivity contribution >= 4 is 33.2 Å². The van der Waals surface area contributed by atoms with Crippen molar-refractivity contribution in [1.82, 2.24) is 10.0 Å². The molecule has 218 valence electrons. The Morgan fingerprint density at radius 2 is 1.56 bits per heavy atom. The van der Waals surface area contributed by atoms with Crippen molar-refractivity contribution in [2.24, 2.45) is 0 Å². The standard InChI is InChI=1S/C27H37F3N2O5S2/c1-2-3-4-5-6-7-8-9-10-11-17-31-39(36,37)24-16-15-22(38-24)19-23(32-25(33)26(34)35)20-13-12-14-21(18-20)27(28,29)30/h12-16,18,23,31H,2-11,17,19H2,1H3,(H,32,33)(H,34,35). The van der Waals surface area contributed by atoms with Gasteiger partial charge in [0, 0.05) is 17.8 Å². The molecule has 0 aliphatic heterocycles. The number of unbranched alkanes of at least 4 members (excludes halogenated alkanes) is 9. The van der Waals surface area contributed by atoms with Crippen molar-refractivity contribution in [2.75, 3.05) is 6.54 Å². The summed E-state index contributed by atoms with van der Waals surface area (Å²) in [7, 11) is -3.77. The predicted molar refractivity (Wildman–Crippen MR) is 145 cm³/mol. The van der Waals surface area contributed by atoms with Gasteiger partial charge in [-0.15, -0.1) is 11.3 Å². The summed E-state index contributed by atoms with van der Waals surface area (Å²) in [4.78, 5) is 23.3. The number of benzene rings is 1. The Hall–Kier alpha value is -2.44. The maximum Gasteiger partial charge on any atom is 0.416 e. The summed E-state index contributed by atoms with van der Waals surface area (Å²) < 4.78 is 67.6. The number of carboxylic acid groups (broad SMARTS) is 1. The zero-order valence-electron chi connectivity index (χ0n) is 22.1. The van der Waals surface area contributed by atoms with E-state index < -0.39 is 39.7 Å². The molecule has 2 aromatic rings. The first-order valence-corrected chi connectivity index (χ1v) is 15.5. The zero-order valence-corrected chi connectivity index (χ0v) is 23.7. The molecule has 12 heteroatoms. The van der Waals surface area contributed by atoms with Gasteiger partial charge in [0.15, 0.2) is 0 Å². The fourth-order valence-electron chi connectivity index (χ4n) is 4.11. The topological polar surface area (TPSA) is 113 Å². The molecule has 1 heterocycles. The van der Waals surface area contributed by atoms with E-state index in [1.165, 1.54) is 62.8 Å². The Bertz CT molecular complexity index is 1170. The smallest absolute Gasteiger partial charge is 0.416 e. The number of hydrogen-bond donors (Lipinski definition) is 3. The second kappa shape index (κ2) is 16.0. The van der Waals surface area contributed by atoms with Gasteiger partial charge in [-0.2, -0.15) is 13.2 Å². The number of alkyl halides is 3. The molecule has 0 bridgehead atoms. The van der Waals surface area contributed by atoms with Crippen LogP contribution in [-0.2, 0) is 32.2 Å². The zero-order chi connectivity index (χ0) is 28.9. The number of aliphatic carboxylic acids is 1. The van der Waals surface area contributed by atoms with Gasteiger partial charge in [0.05, 0.1) is 11.6 Å². The number of carbonyl (C=O) groups is 2. The number of carbonyl (C=O) groups excluding carboxylic acids is 1. The second-order valence-electron chi connectivity index (χ2n) is 9.46. The predicted octanol–water partition coefficient (Wildman–Crippen LogP) is 6.45. The van der Waals surface area contributed by atoms with Gasteiger partial charge in [0.25, 0.3) is 0 Å². The molecule has 0 aliphatic carbocycles. The lowest BCUT2D eigenvalue weighted by molar-refractivity contribution is -0.150. The fourth-order valence-corrected chi connectivity index (χ4v) is 6.63. The van der Waals surface area contributed by atoms with Crippen LogP contribution < -0.4 is 10.0 Å². The first-order chi connectivity index (χ1) is 18.4. The van der Waals surface area contributed by atoms with Gasteiger partial charge in [-0.3, -0.25) is 4.79 Å². The summed E-state index contributed by atoms with van der Waals surface area (Å²) in [6, 6.07) is 6.02. The highest BCUT2D eigenvalue weighted by molar-refractivity contribution is 7.91. The number of amides is 1. The van der Waals surface area contributed by atoms with Gasteiger partial charge < -0.3 is 10.4 Å². The number of sulfonamides is 1. The lowest BCUT2D eigenvalue weighted by Gasteiger charge is -2.19. The third kappa shape index (κ3) is 11.7. The highest BCUT2D eigenvalue weighted by Crippen LogP contribution is 2.32. The van der Waals surface area contributed by atoms with Crippen LogP contribution in [0.2, 0.25) is 0 Å². The maximum atomic E-state index is 13.2. The minimum absolute atomic E-state index is 0.0388. The average Bonchev–Trinajstić information content (AvgIpc) is 3.36. The number of thiophene rings is 1. The summed E-state index contributed by atoms with van der Waals surface area (Å²) in [5, 5.41) is 11.2. The molecular weight excluding hydrogens is 553 g/mol. The summed E-state index contributed by atoms with van der Waals surface area (Å²) in [6.07, 6.45) is 6.62. The molecule has 1 unspecified atom stereocenters. The van der Waals surface area contributed by atoms with E-state index in [1.807, 2.05) is 0 Å². The molecule has 1 atom stereocenters. The molecule has 0 saturated carbocycles. The average molecular weight is 591 g/mol. The molecule has 0 spiro atoms. The normalized spacial score (nSPS) is 12.8. The summed E-state index contributed by atoms with van der Waals surface area (Å²) in [6.45, 7) is 2.49. The summed E-state index contributed by atoms with van der Waals surface area (Å²) in [5.41, 5.74) is -0.892. The third-order valence-electron chi connectivity index (χ3n) is 6.25. The lowest BCUT2D eigenvalue weighted by Crippen LogP contribution is -2.35. The van der Waals surface area contributed by atoms with Crippen molar-refractivity contribution in [3.05, 3.63) is 52.4 Å². The minimum atomic E-state index is -4.62. The molecule has 7 nitrogen and oxygen atoms in total. The van der Waals surface area contributed by atoms with Crippen LogP contribution in [-0.4, -0.2) is 31.9 Å². The van der Waals surface area contributed by atoms with Gasteiger partial charge in [0.1, 0.15) is 4.21 Å². The molecule has 0 radical (unpaired) electrons. The molecule has 0 aliphatic rings. The number of carboxylic acids is 1. The Morgan fingerprint density at radius 3 is 2.15 bits per heavy atom. The van der Waals surface area contributed by atoms with E-state index in [-0.39, 0.29) is 16.2 Å². The van der Waals surface area contributed by atoms with Crippen LogP contribution in [0.5, 0.6) is 0 Å². The van der Waals surface area contributed by atoms with Crippen molar-refractivity contribution in [3.8, 4) is 0 Å². The van der Waals surface area contributed by atoms with Gasteiger partial charge in [0.2, 0.25) is 10.0 Å². The molecule has 0 saturated heterocycles. The number of hydrogen-bond acceptors (Lipinski definition) is 5. The van der Waals surface area contributed by atoms with Crippen LogP contribution in [0.25, 0.3) is 0 Å². The molecule has 2 rings (SSSR count). The first kappa shape index (κ1) is 32.8. The molecule has 0 fully saturated rings. The van der Waals surface area contributed by atoms with E-state index in [2.05, 4.69) is 17.0 Å². The first-order valence-electron chi connectivity index (χ1n) is 13.2. The van der Waals surface area contributed by atoms with E-state index in [0.717, 1.165) is 42.7 Å². The van der Waals surface area contributed by atoms with Crippen LogP contribution in [0.3, 0.4) is 0 Å². The van der Waals surface area contributed by atoms with Gasteiger partial charge in [-0.05, 0) is 36.2 Å². The third-order valence-corrected chi connectivity index (χ3v) is 9.31. The van der Waals surface area contributed by atoms with Gasteiger partial charge in [-0.25, -0.2) is 17.9 Å². The fraction of sp³-hybridized carbons (Fsp3) is 0.556. The minimum Gasteiger partial charge on any atom is -0.474 e. The van der Waals surface area contributed by atoms with Gasteiger partial charge >= 0.3 is 18.1 Å². The Morgan fingerprint density at radius 1 is 0.949 bits per heavy atom. The van der Waals surface area contributed by atoms with Crippen molar-refractivity contribution in [3.63, 3.8) is 0 Å². The number of halogens is 3. The highest BCUT2D eigenvalue weighted by atomic mass is 32.2. The highest BCUT2D eigenvalue weighted by Gasteiger charge is 2.31. The summed E-state index contributed by atoms with van der Waals surface area (Å²) in [5.74, 6) is -3.16. The Balaban J connectivity index is 1.94. The monoisotopic (exact) mass is 590 g/mol. The quantitative estimate of drug-likeness (QED) is 0.145. The lowest BCUT2D eigenvalue weighted by atomic mass is 10.00. The van der Waals surface area contributed by atoms with Gasteiger partial charge in [-0.1, -0.05) is 76.8 Å². The van der Waals surface area contributed by atoms with Crippen LogP contribution >= 0.6 is 11.3 Å². The summed E-state index contributed by atoms with van der Waals surface area (Å²) >= 11 is 0.920. The van der Waals surface area contributed by atoms with E-state index in [9.17, 15) is 31.2 Å². The van der Waals surface area contributed by atoms with Crippen LogP contribution in [0.4, 0.5) is 13.2 Å². The molecule has 1 aromatic carbocycles. The number of nitrogens with one attached hydrogen (secondary N) is 2. The largest absolute Gasteiger partial charge is 0.474 e. The molecule has 1 amide bonds. The second-order valence-corrected chi connectivity index (χ2v) is 12.6. The Kier molecular flexibility index (Phi) is 13.4. The Labute approximate surface area is 232 Å². The van der Waals surface area contributed by atoms with Crippen molar-refractivity contribution < 1.29 is 36.3 Å². The van der Waals surface area contributed by atoms with Crippen LogP contribution in [0.15, 0.2) is 40.6 Å². The van der Waals surface area contributed by atoms with E-state index in [1.54, 1.807) is 0 Å². The SMILES string of the molecule is CCCCCCCCCCCCNS(=O)(=O)c1ccc(CC(NC(=O)C(=O)O)c2cccc(C(F)(F)F)c2)s1. The molecular formula is C27H37F3N2O5S2. The molecule has 39 heavy (non-hydrogen) atoms. The van der Waals surface area contributed by atoms with E-state index >= 15 is 0 Å². The molecule has 1 aromatic heterocycles. The maximum absolute atomic E-state index is 13.2. The molecule has 3 N–H and O–H groups in total. The number of rotatable bonds is 17. The van der Waals surface area contributed by atoms with E-state index in [4.69, 9.17) is 5.11 Å². The van der Waals surface area contributed by atoms with Crippen molar-refractivity contribution in [2.45, 2.75) is 94.0 Å². The van der Waals surface area contributed by atoms with Crippen LogP contribution in [0, 0.1) is 0 Å². The van der Waals surface area contributed by atoms with Crippen molar-refractivity contribution in [1.29, 1.82) is 0 Å².